The minimum absolute atomic E-state index is 0.0381. The van der Waals surface area contributed by atoms with E-state index < -0.39 is 29.1 Å². The van der Waals surface area contributed by atoms with E-state index in [9.17, 15) is 27.3 Å². The molecule has 3 aromatic carbocycles. The van der Waals surface area contributed by atoms with Crippen molar-refractivity contribution in [3.8, 4) is 11.5 Å². The van der Waals surface area contributed by atoms with Gasteiger partial charge in [0.2, 0.25) is 0 Å². The van der Waals surface area contributed by atoms with E-state index in [0.29, 0.717) is 22.4 Å². The molecule has 20 heteroatoms. The Morgan fingerprint density at radius 3 is 1.75 bits per heavy atom. The van der Waals surface area contributed by atoms with E-state index >= 15 is 0 Å². The van der Waals surface area contributed by atoms with Crippen molar-refractivity contribution >= 4 is 102 Å². The highest BCUT2D eigenvalue weighted by molar-refractivity contribution is 8.24. The third kappa shape index (κ3) is 18.9. The molecule has 0 fully saturated rings. The van der Waals surface area contributed by atoms with E-state index in [4.69, 9.17) is 53.7 Å². The van der Waals surface area contributed by atoms with Crippen LogP contribution in [-0.2, 0) is 14.2 Å². The lowest BCUT2D eigenvalue weighted by atomic mass is 10.2. The number of carboxylic acid groups (broad SMARTS) is 2. The van der Waals surface area contributed by atoms with E-state index in [1.807, 2.05) is 31.2 Å². The molecule has 0 saturated heterocycles. The number of nitrogens with zero attached hydrogens (tertiary/aromatic N) is 2. The molecule has 0 aliphatic rings. The molecule has 2 heterocycles. The fourth-order valence-corrected chi connectivity index (χ4v) is 3.64. The number of rotatable bonds is 4. The van der Waals surface area contributed by atoms with Crippen molar-refractivity contribution in [2.75, 3.05) is 27.1 Å². The topological polar surface area (TPSA) is 182 Å². The molecule has 278 valence electrons. The third-order valence-corrected chi connectivity index (χ3v) is 6.02. The molecule has 5 rings (SSSR count). The second-order valence-corrected chi connectivity index (χ2v) is 16.3. The van der Waals surface area contributed by atoms with Gasteiger partial charge in [0.15, 0.2) is 11.0 Å². The number of pyridine rings is 2. The van der Waals surface area contributed by atoms with Crippen molar-refractivity contribution in [1.29, 1.82) is 0 Å². The second-order valence-electron chi connectivity index (χ2n) is 8.97. The Morgan fingerprint density at radius 2 is 1.31 bits per heavy atom. The highest BCUT2D eigenvalue weighted by Gasteiger charge is 2.23. The molecule has 0 spiro atoms. The zero-order valence-corrected chi connectivity index (χ0v) is 31.5. The number of fused-ring (bicyclic) bond motifs is 2. The van der Waals surface area contributed by atoms with Crippen LogP contribution in [0.4, 0.5) is 18.9 Å². The Morgan fingerprint density at radius 1 is 0.843 bits per heavy atom. The maximum Gasteiger partial charge on any atom is 0.350 e. The fourth-order valence-electron chi connectivity index (χ4n) is 3.16. The van der Waals surface area contributed by atoms with Crippen molar-refractivity contribution in [3.63, 3.8) is 0 Å². The molecule has 0 unspecified atom stereocenters. The predicted octanol–water partition coefficient (Wildman–Crippen LogP) is 9.56. The predicted molar refractivity (Wildman–Crippen MR) is 196 cm³/mol. The highest BCUT2D eigenvalue weighted by atomic mass is 36.0. The molecule has 11 nitrogen and oxygen atoms in total. The summed E-state index contributed by atoms with van der Waals surface area (Å²) in [5.74, 6) is -3.69. The van der Waals surface area contributed by atoms with Gasteiger partial charge in [-0.1, -0.05) is 40.9 Å². The summed E-state index contributed by atoms with van der Waals surface area (Å²) in [6.45, 7) is 2.04. The van der Waals surface area contributed by atoms with E-state index in [1.165, 1.54) is 24.9 Å². The minimum atomic E-state index is -3.22. The summed E-state index contributed by atoms with van der Waals surface area (Å²) in [6, 6.07) is 19.6. The van der Waals surface area contributed by atoms with Crippen LogP contribution in [0, 0.1) is 18.6 Å². The van der Waals surface area contributed by atoms with Gasteiger partial charge in [0.25, 0.3) is 6.17 Å². The molecule has 0 amide bonds. The number of benzene rings is 3. The number of anilines is 1. The molecule has 0 radical (unpaired) electrons. The van der Waals surface area contributed by atoms with Crippen LogP contribution in [0.1, 0.15) is 5.56 Å². The Balaban J connectivity index is 0.000000635. The van der Waals surface area contributed by atoms with Crippen LogP contribution < -0.4 is 15.2 Å². The lowest BCUT2D eigenvalue weighted by molar-refractivity contribution is -0.155. The molecule has 5 aromatic rings. The van der Waals surface area contributed by atoms with Crippen LogP contribution in [0.2, 0.25) is 10.2 Å². The average Bonchev–Trinajstić information content (AvgIpc) is 3.08. The molecular weight excluding hydrogens is 808 g/mol. The maximum absolute atomic E-state index is 13.3. The van der Waals surface area contributed by atoms with Gasteiger partial charge in [-0.05, 0) is 95.2 Å². The summed E-state index contributed by atoms with van der Waals surface area (Å²) in [5, 5.41) is 19.9. The van der Waals surface area contributed by atoms with Gasteiger partial charge in [-0.15, -0.1) is 0 Å². The SMILES string of the molecule is CO.COc1ccc2nc(Cl)c(F)c(Cl)c2c1.COc1ccc2ncc(F)cc2c1.Cc1ccc(N)cc1.O=C(O)C(F)C(=O)O.O=P(Cl)(Cl)Cl. The number of aliphatic hydroxyl groups is 1. The fraction of sp³-hybridized carbons (Fsp3) is 0.161. The van der Waals surface area contributed by atoms with Crippen LogP contribution in [0.25, 0.3) is 21.8 Å². The first kappa shape index (κ1) is 47.2. The van der Waals surface area contributed by atoms with E-state index in [0.717, 1.165) is 23.7 Å². The Kier molecular flexibility index (Phi) is 21.9. The van der Waals surface area contributed by atoms with Crippen LogP contribution in [0.15, 0.2) is 72.9 Å². The number of hydrogen-bond acceptors (Lipinski definition) is 9. The summed E-state index contributed by atoms with van der Waals surface area (Å²) in [4.78, 5) is 26.6. The van der Waals surface area contributed by atoms with Crippen molar-refractivity contribution in [3.05, 3.63) is 100 Å². The first-order chi connectivity index (χ1) is 23.8. The quantitative estimate of drug-likeness (QED) is 0.0586. The van der Waals surface area contributed by atoms with Gasteiger partial charge in [0.05, 0.1) is 36.5 Å². The molecule has 0 aliphatic heterocycles. The number of carboxylic acids is 2. The molecule has 5 N–H and O–H groups in total. The molecule has 0 aliphatic carbocycles. The van der Waals surface area contributed by atoms with Crippen LogP contribution in [0.3, 0.4) is 0 Å². The van der Waals surface area contributed by atoms with Gasteiger partial charge in [0, 0.05) is 23.6 Å². The number of methoxy groups -OCH3 is 2. The number of nitrogens with two attached hydrogens (primary N) is 1. The van der Waals surface area contributed by atoms with Gasteiger partial charge in [-0.2, -0.15) is 0 Å². The Labute approximate surface area is 314 Å². The molecule has 0 bridgehead atoms. The Bertz CT molecular complexity index is 1880. The largest absolute Gasteiger partial charge is 0.497 e. The van der Waals surface area contributed by atoms with Crippen molar-refractivity contribution in [2.45, 2.75) is 13.1 Å². The van der Waals surface area contributed by atoms with Gasteiger partial charge >= 0.3 is 17.1 Å². The summed E-state index contributed by atoms with van der Waals surface area (Å²) in [7, 11) is 4.10. The van der Waals surface area contributed by atoms with Crippen molar-refractivity contribution < 1.29 is 52.1 Å². The summed E-state index contributed by atoms with van der Waals surface area (Å²) < 4.78 is 57.1. The summed E-state index contributed by atoms with van der Waals surface area (Å²) in [5.41, 5.74) is 8.81. The number of halogens is 8. The number of aliphatic hydroxyl groups excluding tert-OH is 1. The second kappa shape index (κ2) is 23.7. The number of ether oxygens (including phenoxy) is 2. The molecule has 51 heavy (non-hydrogen) atoms. The van der Waals surface area contributed by atoms with Crippen molar-refractivity contribution in [1.82, 2.24) is 9.97 Å². The number of aryl methyl sites for hydroxylation is 1. The lowest BCUT2D eigenvalue weighted by Gasteiger charge is -2.05. The van der Waals surface area contributed by atoms with Gasteiger partial charge in [-0.25, -0.2) is 27.7 Å². The van der Waals surface area contributed by atoms with E-state index in [-0.39, 0.29) is 16.0 Å². The van der Waals surface area contributed by atoms with E-state index in [2.05, 4.69) is 43.7 Å². The van der Waals surface area contributed by atoms with Gasteiger partial charge < -0.3 is 30.5 Å². The number of aliphatic carboxylic acids is 2. The first-order valence-corrected chi connectivity index (χ1v) is 18.6. The normalized spacial score (nSPS) is 9.92. The highest BCUT2D eigenvalue weighted by Crippen LogP contribution is 2.61. The molecule has 0 saturated carbocycles. The van der Waals surface area contributed by atoms with Gasteiger partial charge in [-0.3, -0.25) is 9.55 Å². The number of aromatic nitrogens is 2. The van der Waals surface area contributed by atoms with Crippen molar-refractivity contribution in [2.24, 2.45) is 0 Å². The number of nitrogen functional groups attached to an aromatic ring is 1. The number of hydrogen-bond donors (Lipinski definition) is 4. The third-order valence-electron chi connectivity index (χ3n) is 5.40. The van der Waals surface area contributed by atoms with Crippen LogP contribution in [-0.4, -0.2) is 64.7 Å². The summed E-state index contributed by atoms with van der Waals surface area (Å²) >= 11 is 25.2. The minimum Gasteiger partial charge on any atom is -0.497 e. The first-order valence-electron chi connectivity index (χ1n) is 13.4. The number of alkyl halides is 1. The Hall–Kier alpha value is -3.75. The monoisotopic (exact) mass is 835 g/mol. The molecular formula is C31H30Cl5F3N3O8P. The maximum atomic E-state index is 13.3. The molecule has 2 aromatic heterocycles. The standard InChI is InChI=1S/C10H6Cl2FNO.C10H8FNO.C7H9N.C3H3FO4.CH4O.Cl3OP/c1-15-5-2-3-7-6(4-5)8(11)9(13)10(12)14-7;1-13-9-2-3-10-7(5-9)4-8(11)6-12-10;1-6-2-4-7(8)5-3-6;4-1(2(5)6)3(7)8;1-2;1-5(2,3)4/h2-4H,1H3;2-6H,1H3;2-5H,8H2,1H3;1H,(H,5,6)(H,7,8);2H,1H3;. The summed E-state index contributed by atoms with van der Waals surface area (Å²) in [6.07, 6.45) is -1.59. The lowest BCUT2D eigenvalue weighted by Crippen LogP contribution is -2.24. The number of carbonyl (C=O) groups is 2. The van der Waals surface area contributed by atoms with Crippen LogP contribution >= 0.6 is 62.1 Å². The van der Waals surface area contributed by atoms with Crippen LogP contribution in [0.5, 0.6) is 11.5 Å². The van der Waals surface area contributed by atoms with Gasteiger partial charge in [0.1, 0.15) is 17.3 Å². The zero-order valence-electron chi connectivity index (χ0n) is 26.8. The average molecular weight is 838 g/mol. The van der Waals surface area contributed by atoms with E-state index in [1.54, 1.807) is 43.5 Å². The zero-order chi connectivity index (χ0) is 39.5. The molecule has 0 atom stereocenters. The smallest absolute Gasteiger partial charge is 0.350 e.